The van der Waals surface area contributed by atoms with Crippen LogP contribution in [-0.4, -0.2) is 60.1 Å². The summed E-state index contributed by atoms with van der Waals surface area (Å²) in [4.78, 5) is 2.11. The largest absolute Gasteiger partial charge is 0.491 e. The first-order chi connectivity index (χ1) is 14.7. The van der Waals surface area contributed by atoms with E-state index < -0.39 is 5.54 Å². The third kappa shape index (κ3) is 4.95. The third-order valence-electron chi connectivity index (χ3n) is 8.01. The van der Waals surface area contributed by atoms with Crippen molar-refractivity contribution in [2.24, 2.45) is 23.5 Å². The maximum atomic E-state index is 9.48. The summed E-state index contributed by atoms with van der Waals surface area (Å²) in [6.45, 7) is 5.11. The summed E-state index contributed by atoms with van der Waals surface area (Å²) in [5.41, 5.74) is 8.22. The van der Waals surface area contributed by atoms with Gasteiger partial charge in [-0.3, -0.25) is 0 Å². The molecule has 0 aliphatic heterocycles. The number of aliphatic hydroxyl groups is 2. The monoisotopic (exact) mass is 430 g/mol. The van der Waals surface area contributed by atoms with Gasteiger partial charge >= 0.3 is 0 Å². The van der Waals surface area contributed by atoms with Gasteiger partial charge in [-0.25, -0.2) is 0 Å². The molecule has 4 bridgehead atoms. The lowest BCUT2D eigenvalue weighted by atomic mass is 9.48. The lowest BCUT2D eigenvalue weighted by Crippen LogP contribution is -2.55. The van der Waals surface area contributed by atoms with Crippen LogP contribution in [0, 0.1) is 17.8 Å². The fraction of sp³-hybridized carbons (Fsp3) is 0.769. The number of hydrogen-bond donors (Lipinski definition) is 3. The van der Waals surface area contributed by atoms with Crippen LogP contribution in [-0.2, 0) is 11.8 Å². The zero-order valence-electron chi connectivity index (χ0n) is 19.6. The van der Waals surface area contributed by atoms with Crippen LogP contribution in [0.1, 0.15) is 63.5 Å². The molecule has 4 saturated carbocycles. The van der Waals surface area contributed by atoms with Gasteiger partial charge in [-0.2, -0.15) is 0 Å². The lowest BCUT2D eigenvalue weighted by Gasteiger charge is -2.57. The van der Waals surface area contributed by atoms with Gasteiger partial charge in [0.05, 0.1) is 24.9 Å². The van der Waals surface area contributed by atoms with Gasteiger partial charge in [0.2, 0.25) is 0 Å². The van der Waals surface area contributed by atoms with Gasteiger partial charge in [-0.1, -0.05) is 12.1 Å². The van der Waals surface area contributed by atoms with Gasteiger partial charge in [-0.15, -0.1) is 0 Å². The average Bonchev–Trinajstić information content (AvgIpc) is 2.71. The van der Waals surface area contributed by atoms with Gasteiger partial charge in [-0.05, 0) is 101 Å². The number of rotatable bonds is 10. The maximum absolute atomic E-state index is 9.48. The fourth-order valence-corrected chi connectivity index (χ4v) is 7.03. The molecule has 4 fully saturated rings. The van der Waals surface area contributed by atoms with Crippen molar-refractivity contribution < 1.29 is 14.9 Å². The first-order valence-electron chi connectivity index (χ1n) is 12.2. The Kier molecular flexibility index (Phi) is 6.69. The summed E-state index contributed by atoms with van der Waals surface area (Å²) < 4.78 is 6.33. The molecule has 0 atom stereocenters. The topological polar surface area (TPSA) is 79.0 Å². The molecule has 0 aromatic heterocycles. The Balaban J connectivity index is 1.53. The highest BCUT2D eigenvalue weighted by atomic mass is 16.5. The highest BCUT2D eigenvalue weighted by Gasteiger charge is 2.52. The molecular formula is C26H42N2O3. The van der Waals surface area contributed by atoms with E-state index in [2.05, 4.69) is 36.9 Å². The molecule has 1 aromatic rings. The van der Waals surface area contributed by atoms with Gasteiger partial charge < -0.3 is 25.6 Å². The van der Waals surface area contributed by atoms with Crippen LogP contribution in [0.2, 0.25) is 0 Å². The molecule has 0 saturated heterocycles. The predicted molar refractivity (Wildman–Crippen MR) is 124 cm³/mol. The third-order valence-corrected chi connectivity index (χ3v) is 8.01. The van der Waals surface area contributed by atoms with Crippen LogP contribution in [0.3, 0.4) is 0 Å². The molecule has 1 aromatic carbocycles. The molecule has 0 unspecified atom stereocenters. The number of likely N-dealkylation sites (N-methyl/N-ethyl adjacent to an activating group) is 1. The molecule has 0 heterocycles. The normalized spacial score (nSPS) is 29.9. The molecule has 0 radical (unpaired) electrons. The van der Waals surface area contributed by atoms with Crippen molar-refractivity contribution in [1.29, 1.82) is 0 Å². The zero-order valence-corrected chi connectivity index (χ0v) is 19.6. The standard InChI is InChI=1S/C26H42N2O3/c1-18(2)31-24-5-4-19(6-7-28(3)15-26(27,16-29)17-30)11-23(24)25-12-20-8-21(13-25)10-22(9-20)14-25/h4-5,11,18,20-22,29-30H,6-10,12-17,27H2,1-3H3. The number of aliphatic hydroxyl groups excluding tert-OH is 2. The Morgan fingerprint density at radius 1 is 1.10 bits per heavy atom. The van der Waals surface area contributed by atoms with E-state index in [1.807, 2.05) is 7.05 Å². The smallest absolute Gasteiger partial charge is 0.123 e. The predicted octanol–water partition coefficient (Wildman–Crippen LogP) is 3.10. The van der Waals surface area contributed by atoms with Crippen LogP contribution >= 0.6 is 0 Å². The van der Waals surface area contributed by atoms with Crippen LogP contribution in [0.4, 0.5) is 0 Å². The number of ether oxygens (including phenoxy) is 1. The van der Waals surface area contributed by atoms with Gasteiger partial charge in [0.15, 0.2) is 0 Å². The minimum atomic E-state index is -0.950. The van der Waals surface area contributed by atoms with E-state index in [9.17, 15) is 10.2 Å². The number of nitrogens with two attached hydrogens (primary N) is 1. The van der Waals surface area contributed by atoms with Crippen LogP contribution in [0.5, 0.6) is 5.75 Å². The van der Waals surface area contributed by atoms with Crippen molar-refractivity contribution in [3.63, 3.8) is 0 Å². The van der Waals surface area contributed by atoms with E-state index in [1.54, 1.807) is 0 Å². The number of nitrogens with zero attached hydrogens (tertiary/aromatic N) is 1. The van der Waals surface area contributed by atoms with E-state index in [-0.39, 0.29) is 19.3 Å². The summed E-state index contributed by atoms with van der Waals surface area (Å²) in [5.74, 6) is 3.81. The van der Waals surface area contributed by atoms with Crippen LogP contribution < -0.4 is 10.5 Å². The minimum Gasteiger partial charge on any atom is -0.491 e. The Bertz CT molecular complexity index is 724. The second kappa shape index (κ2) is 9.01. The molecule has 0 amide bonds. The first-order valence-corrected chi connectivity index (χ1v) is 12.2. The second-order valence-corrected chi connectivity index (χ2v) is 11.4. The Morgan fingerprint density at radius 3 is 2.19 bits per heavy atom. The molecule has 5 rings (SSSR count). The van der Waals surface area contributed by atoms with Gasteiger partial charge in [0.1, 0.15) is 5.75 Å². The van der Waals surface area contributed by atoms with E-state index >= 15 is 0 Å². The molecule has 174 valence electrons. The average molecular weight is 431 g/mol. The maximum Gasteiger partial charge on any atom is 0.123 e. The quantitative estimate of drug-likeness (QED) is 0.532. The molecule has 5 heteroatoms. The fourth-order valence-electron chi connectivity index (χ4n) is 7.03. The summed E-state index contributed by atoms with van der Waals surface area (Å²) in [6.07, 6.45) is 9.44. The highest BCUT2D eigenvalue weighted by Crippen LogP contribution is 2.62. The molecular weight excluding hydrogens is 388 g/mol. The van der Waals surface area contributed by atoms with Crippen LogP contribution in [0.25, 0.3) is 0 Å². The molecule has 4 aliphatic rings. The van der Waals surface area contributed by atoms with Gasteiger partial charge in [0.25, 0.3) is 0 Å². The van der Waals surface area contributed by atoms with Crippen molar-refractivity contribution in [3.8, 4) is 5.75 Å². The summed E-state index contributed by atoms with van der Waals surface area (Å²) in [7, 11) is 2.00. The first kappa shape index (κ1) is 23.0. The summed E-state index contributed by atoms with van der Waals surface area (Å²) in [5, 5.41) is 19.0. The Labute approximate surface area is 188 Å². The SMILES string of the molecule is CC(C)Oc1ccc(CCN(C)CC(N)(CO)CO)cc1C12CC3CC(CC(C3)C1)C2. The van der Waals surface area contributed by atoms with Crippen molar-refractivity contribution in [2.75, 3.05) is 33.4 Å². The molecule has 0 spiro atoms. The second-order valence-electron chi connectivity index (χ2n) is 11.4. The number of benzene rings is 1. The molecule has 4 aliphatic carbocycles. The van der Waals surface area contributed by atoms with Gasteiger partial charge in [0, 0.05) is 18.7 Å². The van der Waals surface area contributed by atoms with E-state index in [0.29, 0.717) is 12.0 Å². The molecule has 4 N–H and O–H groups in total. The summed E-state index contributed by atoms with van der Waals surface area (Å²) >= 11 is 0. The van der Waals surface area contributed by atoms with Crippen molar-refractivity contribution in [3.05, 3.63) is 29.3 Å². The van der Waals surface area contributed by atoms with Crippen LogP contribution in [0.15, 0.2) is 18.2 Å². The van der Waals surface area contributed by atoms with E-state index in [1.165, 1.54) is 49.7 Å². The molecule has 5 nitrogen and oxygen atoms in total. The highest BCUT2D eigenvalue weighted by molar-refractivity contribution is 5.44. The van der Waals surface area contributed by atoms with Crippen molar-refractivity contribution in [2.45, 2.75) is 75.9 Å². The van der Waals surface area contributed by atoms with E-state index in [4.69, 9.17) is 10.5 Å². The zero-order chi connectivity index (χ0) is 22.2. The number of hydrogen-bond acceptors (Lipinski definition) is 5. The lowest BCUT2D eigenvalue weighted by molar-refractivity contribution is -0.00674. The minimum absolute atomic E-state index is 0.180. The Hall–Kier alpha value is -1.14. The van der Waals surface area contributed by atoms with Crippen molar-refractivity contribution >= 4 is 0 Å². The van der Waals surface area contributed by atoms with E-state index in [0.717, 1.165) is 36.5 Å². The Morgan fingerprint density at radius 2 is 1.68 bits per heavy atom. The summed E-state index contributed by atoms with van der Waals surface area (Å²) in [6, 6.07) is 6.85. The van der Waals surface area contributed by atoms with Crippen molar-refractivity contribution in [1.82, 2.24) is 4.90 Å². The molecule has 31 heavy (non-hydrogen) atoms.